The summed E-state index contributed by atoms with van der Waals surface area (Å²) in [7, 11) is 0. The Balaban J connectivity index is 1.99. The molecule has 0 spiro atoms. The zero-order valence-corrected chi connectivity index (χ0v) is 14.9. The standard InChI is InChI=1S/C18H24N2O2S/c1-5-13(4)19-18(21)15-11-23-17(20-15)10-22-16-9-7-6-8-14(16)12(2)3/h6-9,11-13H,5,10H2,1-4H3,(H,19,21)/t13-/m1/s1. The number of amides is 1. The summed E-state index contributed by atoms with van der Waals surface area (Å²) in [4.78, 5) is 16.4. The lowest BCUT2D eigenvalue weighted by molar-refractivity contribution is 0.0934. The summed E-state index contributed by atoms with van der Waals surface area (Å²) in [6.07, 6.45) is 0.901. The molecule has 0 aliphatic heterocycles. The van der Waals surface area contributed by atoms with Crippen LogP contribution in [0.25, 0.3) is 0 Å². The first-order valence-corrected chi connectivity index (χ1v) is 8.86. The first-order chi connectivity index (χ1) is 11.0. The number of carbonyl (C=O) groups excluding carboxylic acids is 1. The maximum atomic E-state index is 12.0. The first kappa shape index (κ1) is 17.5. The molecular formula is C18H24N2O2S. The molecule has 0 saturated heterocycles. The van der Waals surface area contributed by atoms with E-state index in [1.165, 1.54) is 16.9 Å². The fourth-order valence-electron chi connectivity index (χ4n) is 2.11. The van der Waals surface area contributed by atoms with E-state index < -0.39 is 0 Å². The van der Waals surface area contributed by atoms with Crippen LogP contribution in [0.3, 0.4) is 0 Å². The number of carbonyl (C=O) groups is 1. The maximum Gasteiger partial charge on any atom is 0.270 e. The van der Waals surface area contributed by atoms with Crippen LogP contribution in [0.1, 0.15) is 61.1 Å². The van der Waals surface area contributed by atoms with Crippen LogP contribution in [0.4, 0.5) is 0 Å². The van der Waals surface area contributed by atoms with Crippen molar-refractivity contribution in [2.24, 2.45) is 0 Å². The van der Waals surface area contributed by atoms with E-state index in [0.717, 1.165) is 17.2 Å². The minimum absolute atomic E-state index is 0.121. The highest BCUT2D eigenvalue weighted by atomic mass is 32.1. The number of thiazole rings is 1. The van der Waals surface area contributed by atoms with Gasteiger partial charge in [-0.15, -0.1) is 11.3 Å². The van der Waals surface area contributed by atoms with E-state index in [9.17, 15) is 4.79 Å². The maximum absolute atomic E-state index is 12.0. The largest absolute Gasteiger partial charge is 0.486 e. The molecule has 5 heteroatoms. The van der Waals surface area contributed by atoms with Gasteiger partial charge in [0.05, 0.1) is 0 Å². The van der Waals surface area contributed by atoms with Gasteiger partial charge in [-0.05, 0) is 30.9 Å². The number of nitrogens with zero attached hydrogens (tertiary/aromatic N) is 1. The SMILES string of the molecule is CC[C@@H](C)NC(=O)c1csc(COc2ccccc2C(C)C)n1. The summed E-state index contributed by atoms with van der Waals surface area (Å²) < 4.78 is 5.90. The number of ether oxygens (including phenoxy) is 1. The van der Waals surface area contributed by atoms with E-state index >= 15 is 0 Å². The number of hydrogen-bond acceptors (Lipinski definition) is 4. The van der Waals surface area contributed by atoms with Gasteiger partial charge in [0.1, 0.15) is 23.1 Å². The Labute approximate surface area is 141 Å². The number of rotatable bonds is 7. The second-order valence-corrected chi connectivity index (χ2v) is 6.83. The number of hydrogen-bond donors (Lipinski definition) is 1. The van der Waals surface area contributed by atoms with E-state index in [1.54, 1.807) is 5.38 Å². The summed E-state index contributed by atoms with van der Waals surface area (Å²) >= 11 is 1.45. The number of benzene rings is 1. The molecule has 0 fully saturated rings. The third-order valence-corrected chi connectivity index (χ3v) is 4.49. The topological polar surface area (TPSA) is 51.2 Å². The molecule has 23 heavy (non-hydrogen) atoms. The highest BCUT2D eigenvalue weighted by Gasteiger charge is 2.13. The average Bonchev–Trinajstić information content (AvgIpc) is 3.02. The van der Waals surface area contributed by atoms with Gasteiger partial charge < -0.3 is 10.1 Å². The Hall–Kier alpha value is -1.88. The Morgan fingerprint density at radius 3 is 2.74 bits per heavy atom. The summed E-state index contributed by atoms with van der Waals surface area (Å²) in [5.41, 5.74) is 1.64. The van der Waals surface area contributed by atoms with Gasteiger partial charge in [-0.3, -0.25) is 4.79 Å². The number of aromatic nitrogens is 1. The molecule has 0 aliphatic carbocycles. The second-order valence-electron chi connectivity index (χ2n) is 5.89. The lowest BCUT2D eigenvalue weighted by Crippen LogP contribution is -2.32. The van der Waals surface area contributed by atoms with Gasteiger partial charge >= 0.3 is 0 Å². The van der Waals surface area contributed by atoms with Crippen LogP contribution in [0, 0.1) is 0 Å². The van der Waals surface area contributed by atoms with Crippen molar-refractivity contribution in [1.82, 2.24) is 10.3 Å². The minimum atomic E-state index is -0.121. The smallest absolute Gasteiger partial charge is 0.270 e. The molecule has 1 heterocycles. The van der Waals surface area contributed by atoms with Crippen molar-refractivity contribution in [3.63, 3.8) is 0 Å². The lowest BCUT2D eigenvalue weighted by atomic mass is 10.0. The Bertz CT molecular complexity index is 652. The van der Waals surface area contributed by atoms with Crippen molar-refractivity contribution >= 4 is 17.2 Å². The van der Waals surface area contributed by atoms with Crippen molar-refractivity contribution in [1.29, 1.82) is 0 Å². The Morgan fingerprint density at radius 1 is 1.30 bits per heavy atom. The van der Waals surface area contributed by atoms with Crippen molar-refractivity contribution in [3.05, 3.63) is 45.9 Å². The highest BCUT2D eigenvalue weighted by molar-refractivity contribution is 7.09. The van der Waals surface area contributed by atoms with E-state index in [4.69, 9.17) is 4.74 Å². The predicted octanol–water partition coefficient (Wildman–Crippen LogP) is 4.37. The molecule has 0 saturated carbocycles. The number of nitrogens with one attached hydrogen (secondary N) is 1. The van der Waals surface area contributed by atoms with Gasteiger partial charge in [0.25, 0.3) is 5.91 Å². The van der Waals surface area contributed by atoms with Gasteiger partial charge in [-0.1, -0.05) is 39.0 Å². The highest BCUT2D eigenvalue weighted by Crippen LogP contribution is 2.26. The van der Waals surface area contributed by atoms with E-state index in [-0.39, 0.29) is 11.9 Å². The molecule has 1 aromatic carbocycles. The molecule has 0 unspecified atom stereocenters. The van der Waals surface area contributed by atoms with Crippen molar-refractivity contribution in [3.8, 4) is 5.75 Å². The zero-order valence-electron chi connectivity index (χ0n) is 14.1. The fourth-order valence-corrected chi connectivity index (χ4v) is 2.80. The van der Waals surface area contributed by atoms with Crippen LogP contribution in [0.2, 0.25) is 0 Å². The van der Waals surface area contributed by atoms with Crippen molar-refractivity contribution in [2.75, 3.05) is 0 Å². The fraction of sp³-hybridized carbons (Fsp3) is 0.444. The molecular weight excluding hydrogens is 308 g/mol. The molecule has 4 nitrogen and oxygen atoms in total. The molecule has 124 valence electrons. The van der Waals surface area contributed by atoms with Gasteiger partial charge in [-0.25, -0.2) is 4.98 Å². The van der Waals surface area contributed by atoms with Crippen LogP contribution < -0.4 is 10.1 Å². The van der Waals surface area contributed by atoms with Crippen LogP contribution in [-0.4, -0.2) is 16.9 Å². The normalized spacial score (nSPS) is 12.2. The predicted molar refractivity (Wildman–Crippen MR) is 94.2 cm³/mol. The molecule has 2 rings (SSSR count). The third kappa shape index (κ3) is 4.79. The van der Waals surface area contributed by atoms with Gasteiger partial charge in [0.2, 0.25) is 0 Å². The van der Waals surface area contributed by atoms with Crippen LogP contribution >= 0.6 is 11.3 Å². The van der Waals surface area contributed by atoms with E-state index in [2.05, 4.69) is 30.2 Å². The average molecular weight is 332 g/mol. The molecule has 1 atom stereocenters. The molecule has 1 amide bonds. The van der Waals surface area contributed by atoms with E-state index in [0.29, 0.717) is 18.2 Å². The van der Waals surface area contributed by atoms with Crippen molar-refractivity contribution < 1.29 is 9.53 Å². The van der Waals surface area contributed by atoms with Crippen LogP contribution in [0.5, 0.6) is 5.75 Å². The molecule has 1 aromatic heterocycles. The zero-order chi connectivity index (χ0) is 16.8. The summed E-state index contributed by atoms with van der Waals surface area (Å²) in [6, 6.07) is 8.19. The molecule has 0 radical (unpaired) electrons. The summed E-state index contributed by atoms with van der Waals surface area (Å²) in [5, 5.41) is 5.51. The lowest BCUT2D eigenvalue weighted by Gasteiger charge is -2.12. The molecule has 2 aromatic rings. The second kappa shape index (κ2) is 8.11. The van der Waals surface area contributed by atoms with Gasteiger partial charge in [0, 0.05) is 11.4 Å². The minimum Gasteiger partial charge on any atom is -0.486 e. The number of para-hydroxylation sites is 1. The van der Waals surface area contributed by atoms with Crippen LogP contribution in [-0.2, 0) is 6.61 Å². The monoisotopic (exact) mass is 332 g/mol. The molecule has 1 N–H and O–H groups in total. The Morgan fingerprint density at radius 2 is 2.04 bits per heavy atom. The molecule has 0 bridgehead atoms. The van der Waals surface area contributed by atoms with Gasteiger partial charge in [0.15, 0.2) is 0 Å². The Kier molecular flexibility index (Phi) is 6.16. The third-order valence-electron chi connectivity index (χ3n) is 3.67. The van der Waals surface area contributed by atoms with Gasteiger partial charge in [-0.2, -0.15) is 0 Å². The first-order valence-electron chi connectivity index (χ1n) is 7.98. The quantitative estimate of drug-likeness (QED) is 0.819. The molecule has 0 aliphatic rings. The van der Waals surface area contributed by atoms with Crippen molar-refractivity contribution in [2.45, 2.75) is 52.7 Å². The summed E-state index contributed by atoms with van der Waals surface area (Å²) in [5.74, 6) is 1.16. The van der Waals surface area contributed by atoms with Crippen LogP contribution in [0.15, 0.2) is 29.6 Å². The summed E-state index contributed by atoms with van der Waals surface area (Å²) in [6.45, 7) is 8.69. The van der Waals surface area contributed by atoms with E-state index in [1.807, 2.05) is 32.0 Å².